The van der Waals surface area contributed by atoms with Crippen LogP contribution in [0.4, 0.5) is 5.69 Å². The van der Waals surface area contributed by atoms with Crippen molar-refractivity contribution >= 4 is 29.0 Å². The van der Waals surface area contributed by atoms with Gasteiger partial charge in [0.2, 0.25) is 0 Å². The van der Waals surface area contributed by atoms with Gasteiger partial charge < -0.3 is 15.2 Å². The second-order valence-electron chi connectivity index (χ2n) is 5.33. The van der Waals surface area contributed by atoms with Crippen molar-refractivity contribution in [2.45, 2.75) is 12.0 Å². The molecule has 0 spiro atoms. The highest BCUT2D eigenvalue weighted by Gasteiger charge is 2.47. The van der Waals surface area contributed by atoms with Gasteiger partial charge >= 0.3 is 0 Å². The first-order valence-electron chi connectivity index (χ1n) is 6.95. The van der Waals surface area contributed by atoms with Gasteiger partial charge in [-0.2, -0.15) is 0 Å². The number of amides is 1. The lowest BCUT2D eigenvalue weighted by atomic mass is 9.88. The van der Waals surface area contributed by atoms with Crippen molar-refractivity contribution in [1.29, 1.82) is 0 Å². The van der Waals surface area contributed by atoms with Gasteiger partial charge in [0, 0.05) is 21.8 Å². The Morgan fingerprint density at radius 3 is 2.61 bits per heavy atom. The third kappa shape index (κ3) is 2.69. The number of benzene rings is 2. The molecule has 2 N–H and O–H groups in total. The predicted molar refractivity (Wildman–Crippen MR) is 85.9 cm³/mol. The summed E-state index contributed by atoms with van der Waals surface area (Å²) in [5.74, 6) is -0.476. The van der Waals surface area contributed by atoms with Crippen LogP contribution in [-0.2, 0) is 10.4 Å². The fourth-order valence-corrected chi connectivity index (χ4v) is 2.72. The second-order valence-corrected chi connectivity index (χ2v) is 5.77. The number of aliphatic hydroxyl groups is 1. The maximum atomic E-state index is 12.4. The zero-order valence-corrected chi connectivity index (χ0v) is 13.1. The van der Waals surface area contributed by atoms with E-state index in [4.69, 9.17) is 16.3 Å². The molecule has 1 aliphatic heterocycles. The number of Topliss-reactive ketones (excluding diaryl/α,β-unsaturated/α-hetero) is 1. The lowest BCUT2D eigenvalue weighted by Crippen LogP contribution is -2.36. The van der Waals surface area contributed by atoms with Crippen molar-refractivity contribution in [2.75, 3.05) is 12.4 Å². The van der Waals surface area contributed by atoms with E-state index in [2.05, 4.69) is 5.32 Å². The van der Waals surface area contributed by atoms with Crippen LogP contribution < -0.4 is 10.1 Å². The van der Waals surface area contributed by atoms with Crippen LogP contribution in [0, 0.1) is 0 Å². The summed E-state index contributed by atoms with van der Waals surface area (Å²) in [7, 11) is 1.49. The number of halogens is 1. The quantitative estimate of drug-likeness (QED) is 0.845. The molecular formula is C17H14ClNO4. The van der Waals surface area contributed by atoms with E-state index in [1.165, 1.54) is 7.11 Å². The minimum absolute atomic E-state index is 0.337. The van der Waals surface area contributed by atoms with Crippen LogP contribution in [0.15, 0.2) is 42.5 Å². The molecule has 3 rings (SSSR count). The minimum Gasteiger partial charge on any atom is -0.497 e. The number of methoxy groups -OCH3 is 1. The molecule has 23 heavy (non-hydrogen) atoms. The van der Waals surface area contributed by atoms with Crippen molar-refractivity contribution < 1.29 is 19.4 Å². The average molecular weight is 332 g/mol. The standard InChI is InChI=1S/C17H14ClNO4/c1-23-12-6-7-14-13(8-12)17(22,16(21)19-14)9-15(20)10-2-4-11(18)5-3-10/h2-8,22H,9H2,1H3,(H,19,21)/t17-/m1/s1. The van der Waals surface area contributed by atoms with Gasteiger partial charge in [0.25, 0.3) is 5.91 Å². The number of anilines is 1. The number of fused-ring (bicyclic) bond motifs is 1. The van der Waals surface area contributed by atoms with Crippen LogP contribution in [0.1, 0.15) is 22.3 Å². The zero-order chi connectivity index (χ0) is 16.6. The summed E-state index contributed by atoms with van der Waals surface area (Å²) in [5.41, 5.74) is -0.723. The molecule has 0 saturated heterocycles. The van der Waals surface area contributed by atoms with Crippen LogP contribution in [0.2, 0.25) is 5.02 Å². The Bertz CT molecular complexity index is 788. The van der Waals surface area contributed by atoms with E-state index in [0.29, 0.717) is 27.6 Å². The molecule has 0 radical (unpaired) electrons. The maximum Gasteiger partial charge on any atom is 0.261 e. The molecule has 0 fully saturated rings. The highest BCUT2D eigenvalue weighted by molar-refractivity contribution is 6.30. The molecule has 1 amide bonds. The van der Waals surface area contributed by atoms with Gasteiger partial charge in [-0.3, -0.25) is 9.59 Å². The van der Waals surface area contributed by atoms with Gasteiger partial charge in [-0.25, -0.2) is 0 Å². The van der Waals surface area contributed by atoms with Gasteiger partial charge in [0.05, 0.1) is 13.5 Å². The minimum atomic E-state index is -1.92. The highest BCUT2D eigenvalue weighted by atomic mass is 35.5. The lowest BCUT2D eigenvalue weighted by Gasteiger charge is -2.20. The van der Waals surface area contributed by atoms with Crippen molar-refractivity contribution in [3.8, 4) is 5.75 Å². The van der Waals surface area contributed by atoms with Crippen LogP contribution >= 0.6 is 11.6 Å². The number of ketones is 1. The topological polar surface area (TPSA) is 75.6 Å². The smallest absolute Gasteiger partial charge is 0.261 e. The Morgan fingerprint density at radius 2 is 1.96 bits per heavy atom. The van der Waals surface area contributed by atoms with E-state index in [1.54, 1.807) is 42.5 Å². The number of nitrogens with one attached hydrogen (secondary N) is 1. The van der Waals surface area contributed by atoms with E-state index in [-0.39, 0.29) is 12.2 Å². The molecule has 1 heterocycles. The molecule has 0 aliphatic carbocycles. The molecule has 2 aromatic carbocycles. The van der Waals surface area contributed by atoms with Gasteiger partial charge in [-0.05, 0) is 42.5 Å². The van der Waals surface area contributed by atoms with Crippen molar-refractivity contribution in [2.24, 2.45) is 0 Å². The third-order valence-electron chi connectivity index (χ3n) is 3.88. The second kappa shape index (κ2) is 5.68. The van der Waals surface area contributed by atoms with Crippen molar-refractivity contribution in [3.63, 3.8) is 0 Å². The summed E-state index contributed by atoms with van der Waals surface area (Å²) >= 11 is 5.80. The Kier molecular flexibility index (Phi) is 3.83. The number of carbonyl (C=O) groups excluding carboxylic acids is 2. The summed E-state index contributed by atoms with van der Waals surface area (Å²) in [6, 6.07) is 11.2. The van der Waals surface area contributed by atoms with Crippen LogP contribution in [-0.4, -0.2) is 23.9 Å². The number of rotatable bonds is 4. The van der Waals surface area contributed by atoms with Crippen molar-refractivity contribution in [1.82, 2.24) is 0 Å². The van der Waals surface area contributed by atoms with E-state index in [1.807, 2.05) is 0 Å². The van der Waals surface area contributed by atoms with Crippen LogP contribution in [0.3, 0.4) is 0 Å². The Labute approximate surface area is 137 Å². The molecule has 118 valence electrons. The summed E-state index contributed by atoms with van der Waals surface area (Å²) in [5, 5.41) is 13.9. The summed E-state index contributed by atoms with van der Waals surface area (Å²) < 4.78 is 5.12. The van der Waals surface area contributed by atoms with Gasteiger partial charge in [0.15, 0.2) is 11.4 Å². The SMILES string of the molecule is COc1ccc2c(c1)[C@](O)(CC(=O)c1ccc(Cl)cc1)C(=O)N2. The molecule has 0 unspecified atom stereocenters. The largest absolute Gasteiger partial charge is 0.497 e. The third-order valence-corrected chi connectivity index (χ3v) is 4.13. The van der Waals surface area contributed by atoms with Gasteiger partial charge in [-0.15, -0.1) is 0 Å². The molecule has 5 nitrogen and oxygen atoms in total. The average Bonchev–Trinajstić information content (AvgIpc) is 2.78. The van der Waals surface area contributed by atoms with E-state index < -0.39 is 11.5 Å². The zero-order valence-electron chi connectivity index (χ0n) is 12.3. The van der Waals surface area contributed by atoms with E-state index >= 15 is 0 Å². The van der Waals surface area contributed by atoms with Gasteiger partial charge in [-0.1, -0.05) is 11.6 Å². The monoisotopic (exact) mass is 331 g/mol. The van der Waals surface area contributed by atoms with E-state index in [9.17, 15) is 14.7 Å². The number of hydrogen-bond donors (Lipinski definition) is 2. The van der Waals surface area contributed by atoms with E-state index in [0.717, 1.165) is 0 Å². The molecular weight excluding hydrogens is 318 g/mol. The van der Waals surface area contributed by atoms with Crippen LogP contribution in [0.5, 0.6) is 5.75 Å². The maximum absolute atomic E-state index is 12.4. The fourth-order valence-electron chi connectivity index (χ4n) is 2.60. The molecule has 2 aromatic rings. The molecule has 6 heteroatoms. The molecule has 0 aromatic heterocycles. The molecule has 0 bridgehead atoms. The Hall–Kier alpha value is -2.37. The summed E-state index contributed by atoms with van der Waals surface area (Å²) in [6.45, 7) is 0. The summed E-state index contributed by atoms with van der Waals surface area (Å²) in [4.78, 5) is 24.6. The highest BCUT2D eigenvalue weighted by Crippen LogP contribution is 2.40. The summed E-state index contributed by atoms with van der Waals surface area (Å²) in [6.07, 6.45) is -0.360. The first-order chi connectivity index (χ1) is 10.9. The number of carbonyl (C=O) groups is 2. The first-order valence-corrected chi connectivity index (χ1v) is 7.33. The number of hydrogen-bond acceptors (Lipinski definition) is 4. The normalized spacial score (nSPS) is 19.2. The Balaban J connectivity index is 1.94. The first kappa shape index (κ1) is 15.5. The molecule has 1 aliphatic rings. The van der Waals surface area contributed by atoms with Crippen molar-refractivity contribution in [3.05, 3.63) is 58.6 Å². The predicted octanol–water partition coefficient (Wildman–Crippen LogP) is 2.76. The Morgan fingerprint density at radius 1 is 1.26 bits per heavy atom. The van der Waals surface area contributed by atoms with Crippen LogP contribution in [0.25, 0.3) is 0 Å². The lowest BCUT2D eigenvalue weighted by molar-refractivity contribution is -0.133. The van der Waals surface area contributed by atoms with Gasteiger partial charge in [0.1, 0.15) is 5.75 Å². The molecule has 0 saturated carbocycles. The fraction of sp³-hybridized carbons (Fsp3) is 0.176. The molecule has 1 atom stereocenters. The number of ether oxygens (including phenoxy) is 1.